The average molecular weight is 198 g/mol. The van der Waals surface area contributed by atoms with Crippen molar-refractivity contribution in [1.82, 2.24) is 20.1 Å². The molecule has 0 aromatic carbocycles. The van der Waals surface area contributed by atoms with Crippen LogP contribution in [0.4, 0.5) is 0 Å². The Balaban J connectivity index is 2.44. The molecule has 0 saturated heterocycles. The third-order valence-corrected chi connectivity index (χ3v) is 2.27. The molecule has 2 N–H and O–H groups in total. The molecule has 1 aromatic rings. The van der Waals surface area contributed by atoms with Crippen LogP contribution in [-0.4, -0.2) is 32.0 Å². The van der Waals surface area contributed by atoms with Crippen molar-refractivity contribution >= 4 is 0 Å². The van der Waals surface area contributed by atoms with Crippen molar-refractivity contribution in [3.8, 4) is 0 Å². The molecule has 0 spiro atoms. The number of nitrogens with one attached hydrogen (secondary N) is 1. The van der Waals surface area contributed by atoms with Gasteiger partial charge in [-0.05, 0) is 20.3 Å². The minimum Gasteiger partial charge on any atom is -0.396 e. The van der Waals surface area contributed by atoms with E-state index in [1.165, 1.54) is 0 Å². The van der Waals surface area contributed by atoms with Gasteiger partial charge in [-0.25, -0.2) is 0 Å². The summed E-state index contributed by atoms with van der Waals surface area (Å²) >= 11 is 0. The number of nitrogens with zero attached hydrogens (tertiary/aromatic N) is 3. The Morgan fingerprint density at radius 3 is 2.79 bits per heavy atom. The lowest BCUT2D eigenvalue weighted by molar-refractivity contribution is 0.229. The Hall–Kier alpha value is -0.940. The van der Waals surface area contributed by atoms with Crippen LogP contribution in [0.25, 0.3) is 0 Å². The molecule has 80 valence electrons. The molecule has 0 aliphatic rings. The van der Waals surface area contributed by atoms with Gasteiger partial charge < -0.3 is 15.0 Å². The van der Waals surface area contributed by atoms with Crippen molar-refractivity contribution in [3.63, 3.8) is 0 Å². The molecule has 0 radical (unpaired) electrons. The van der Waals surface area contributed by atoms with Crippen molar-refractivity contribution in [2.75, 3.05) is 6.61 Å². The lowest BCUT2D eigenvalue weighted by Gasteiger charge is -2.24. The summed E-state index contributed by atoms with van der Waals surface area (Å²) in [7, 11) is 1.91. The largest absolute Gasteiger partial charge is 0.396 e. The number of aliphatic hydroxyl groups excluding tert-OH is 1. The molecule has 0 aliphatic heterocycles. The van der Waals surface area contributed by atoms with Crippen LogP contribution in [0.15, 0.2) is 6.33 Å². The highest BCUT2D eigenvalue weighted by atomic mass is 16.3. The van der Waals surface area contributed by atoms with Gasteiger partial charge in [-0.3, -0.25) is 0 Å². The maximum absolute atomic E-state index is 8.84. The zero-order valence-electron chi connectivity index (χ0n) is 8.99. The van der Waals surface area contributed by atoms with Gasteiger partial charge in [0.15, 0.2) is 0 Å². The molecule has 0 fully saturated rings. The fourth-order valence-electron chi connectivity index (χ4n) is 1.15. The highest BCUT2D eigenvalue weighted by Gasteiger charge is 2.16. The normalized spacial score (nSPS) is 12.0. The molecule has 1 aromatic heterocycles. The van der Waals surface area contributed by atoms with Crippen molar-refractivity contribution in [1.29, 1.82) is 0 Å². The Morgan fingerprint density at radius 2 is 2.29 bits per heavy atom. The van der Waals surface area contributed by atoms with Crippen LogP contribution in [0.2, 0.25) is 0 Å². The number of hydrogen-bond acceptors (Lipinski definition) is 4. The van der Waals surface area contributed by atoms with E-state index in [0.29, 0.717) is 6.54 Å². The first-order chi connectivity index (χ1) is 6.55. The van der Waals surface area contributed by atoms with E-state index in [1.54, 1.807) is 6.33 Å². The molecule has 0 saturated carbocycles. The molecule has 1 heterocycles. The van der Waals surface area contributed by atoms with E-state index in [9.17, 15) is 0 Å². The first-order valence-electron chi connectivity index (χ1n) is 4.74. The number of rotatable bonds is 5. The fraction of sp³-hybridized carbons (Fsp3) is 0.778. The SMILES string of the molecule is Cn1cnnc1CNC(C)(C)CCO. The molecule has 14 heavy (non-hydrogen) atoms. The number of aliphatic hydroxyl groups is 1. The zero-order valence-corrected chi connectivity index (χ0v) is 8.99. The molecule has 0 unspecified atom stereocenters. The number of aryl methyl sites for hydroxylation is 1. The van der Waals surface area contributed by atoms with Gasteiger partial charge in [-0.2, -0.15) is 0 Å². The summed E-state index contributed by atoms with van der Waals surface area (Å²) in [4.78, 5) is 0. The van der Waals surface area contributed by atoms with Crippen LogP contribution < -0.4 is 5.32 Å². The van der Waals surface area contributed by atoms with E-state index in [2.05, 4.69) is 29.4 Å². The van der Waals surface area contributed by atoms with E-state index in [4.69, 9.17) is 5.11 Å². The second-order valence-electron chi connectivity index (χ2n) is 4.07. The van der Waals surface area contributed by atoms with Crippen molar-refractivity contribution in [3.05, 3.63) is 12.2 Å². The Kier molecular flexibility index (Phi) is 3.60. The van der Waals surface area contributed by atoms with Gasteiger partial charge in [0, 0.05) is 19.2 Å². The molecule has 0 amide bonds. The summed E-state index contributed by atoms with van der Waals surface area (Å²) in [6.45, 7) is 4.97. The fourth-order valence-corrected chi connectivity index (χ4v) is 1.15. The molecule has 5 heteroatoms. The van der Waals surface area contributed by atoms with Gasteiger partial charge in [0.1, 0.15) is 12.2 Å². The number of hydrogen-bond donors (Lipinski definition) is 2. The van der Waals surface area contributed by atoms with Crippen LogP contribution in [0.5, 0.6) is 0 Å². The third-order valence-electron chi connectivity index (χ3n) is 2.27. The smallest absolute Gasteiger partial charge is 0.146 e. The lowest BCUT2D eigenvalue weighted by atomic mass is 10.0. The standard InChI is InChI=1S/C9H18N4O/c1-9(2,4-5-14)10-6-8-12-11-7-13(8)3/h7,10,14H,4-6H2,1-3H3. The predicted molar refractivity (Wildman–Crippen MR) is 53.6 cm³/mol. The monoisotopic (exact) mass is 198 g/mol. The van der Waals surface area contributed by atoms with Crippen molar-refractivity contribution < 1.29 is 5.11 Å². The molecule has 0 atom stereocenters. The molecular formula is C9H18N4O. The first-order valence-corrected chi connectivity index (χ1v) is 4.74. The van der Waals surface area contributed by atoms with E-state index in [1.807, 2.05) is 11.6 Å². The molecule has 1 rings (SSSR count). The average Bonchev–Trinajstić information content (AvgIpc) is 2.48. The lowest BCUT2D eigenvalue weighted by Crippen LogP contribution is -2.40. The minimum atomic E-state index is -0.0687. The third kappa shape index (κ3) is 3.08. The van der Waals surface area contributed by atoms with Crippen LogP contribution in [0.3, 0.4) is 0 Å². The Labute approximate surface area is 84.2 Å². The molecule has 5 nitrogen and oxygen atoms in total. The highest BCUT2D eigenvalue weighted by molar-refractivity contribution is 4.87. The highest BCUT2D eigenvalue weighted by Crippen LogP contribution is 2.07. The summed E-state index contributed by atoms with van der Waals surface area (Å²) in [6.07, 6.45) is 2.40. The summed E-state index contributed by atoms with van der Waals surface area (Å²) in [5.74, 6) is 0.899. The van der Waals surface area contributed by atoms with E-state index in [0.717, 1.165) is 12.2 Å². The second-order valence-corrected chi connectivity index (χ2v) is 4.07. The van der Waals surface area contributed by atoms with E-state index >= 15 is 0 Å². The van der Waals surface area contributed by atoms with E-state index < -0.39 is 0 Å². The molecular weight excluding hydrogens is 180 g/mol. The van der Waals surface area contributed by atoms with E-state index in [-0.39, 0.29) is 12.1 Å². The maximum Gasteiger partial charge on any atom is 0.146 e. The van der Waals surface area contributed by atoms with Crippen LogP contribution in [-0.2, 0) is 13.6 Å². The van der Waals surface area contributed by atoms with Crippen LogP contribution in [0.1, 0.15) is 26.1 Å². The topological polar surface area (TPSA) is 63.0 Å². The van der Waals surface area contributed by atoms with Gasteiger partial charge >= 0.3 is 0 Å². The van der Waals surface area contributed by atoms with Gasteiger partial charge in [-0.1, -0.05) is 0 Å². The minimum absolute atomic E-state index is 0.0687. The predicted octanol–water partition coefficient (Wildman–Crippen LogP) is 0.0657. The van der Waals surface area contributed by atoms with Gasteiger partial charge in [0.05, 0.1) is 6.54 Å². The Morgan fingerprint density at radius 1 is 1.57 bits per heavy atom. The Bertz CT molecular complexity index is 282. The van der Waals surface area contributed by atoms with Gasteiger partial charge in [0.25, 0.3) is 0 Å². The zero-order chi connectivity index (χ0) is 10.6. The summed E-state index contributed by atoms with van der Waals surface area (Å²) < 4.78 is 1.88. The van der Waals surface area contributed by atoms with Crippen molar-refractivity contribution in [2.24, 2.45) is 7.05 Å². The summed E-state index contributed by atoms with van der Waals surface area (Å²) in [5.41, 5.74) is -0.0687. The quantitative estimate of drug-likeness (QED) is 0.702. The van der Waals surface area contributed by atoms with Crippen LogP contribution in [0, 0.1) is 0 Å². The molecule has 0 bridgehead atoms. The van der Waals surface area contributed by atoms with Gasteiger partial charge in [0.2, 0.25) is 0 Å². The summed E-state index contributed by atoms with van der Waals surface area (Å²) in [6, 6.07) is 0. The number of aromatic nitrogens is 3. The van der Waals surface area contributed by atoms with Gasteiger partial charge in [-0.15, -0.1) is 10.2 Å². The van der Waals surface area contributed by atoms with Crippen molar-refractivity contribution in [2.45, 2.75) is 32.4 Å². The van der Waals surface area contributed by atoms with Crippen LogP contribution >= 0.6 is 0 Å². The first kappa shape index (κ1) is 11.1. The molecule has 0 aliphatic carbocycles. The maximum atomic E-state index is 8.84. The second kappa shape index (κ2) is 4.52. The summed E-state index contributed by atoms with van der Waals surface area (Å²) in [5, 5.41) is 19.9.